The predicted octanol–water partition coefficient (Wildman–Crippen LogP) is 5.32. The molecule has 0 bridgehead atoms. The number of phenolic OH excluding ortho intramolecular Hbond substituents is 1. The van der Waals surface area contributed by atoms with Crippen LogP contribution in [0.15, 0.2) is 18.2 Å². The minimum absolute atomic E-state index is 0.0467. The summed E-state index contributed by atoms with van der Waals surface area (Å²) in [5, 5.41) is 9.79. The fourth-order valence-electron chi connectivity index (χ4n) is 1.99. The maximum absolute atomic E-state index is 12.6. The second kappa shape index (κ2) is 13.0. The molecule has 0 unspecified atom stereocenters. The topological polar surface area (TPSA) is 83.5 Å². The van der Waals surface area contributed by atoms with Gasteiger partial charge in [-0.2, -0.15) is 0 Å². The Hall–Kier alpha value is -1.27. The van der Waals surface area contributed by atoms with E-state index < -0.39 is 7.82 Å². The van der Waals surface area contributed by atoms with Crippen molar-refractivity contribution in [1.29, 1.82) is 0 Å². The standard InChI is InChI=1S/C19H33O7P/c1-5-7-11-23-27(21,24-12-8-6-2)25-14-13-22-17-9-10-18(20)19(15-17)26-16(3)4/h9-10,15-16,20H,5-8,11-14H2,1-4H3. The molecule has 1 rings (SSSR count). The summed E-state index contributed by atoms with van der Waals surface area (Å²) in [6.45, 7) is 8.65. The highest BCUT2D eigenvalue weighted by molar-refractivity contribution is 7.48. The van der Waals surface area contributed by atoms with Crippen molar-refractivity contribution in [3.8, 4) is 17.2 Å². The molecule has 0 saturated heterocycles. The molecule has 0 aliphatic carbocycles. The van der Waals surface area contributed by atoms with Crippen molar-refractivity contribution in [2.45, 2.75) is 59.5 Å². The van der Waals surface area contributed by atoms with Crippen LogP contribution in [0.3, 0.4) is 0 Å². The zero-order valence-electron chi connectivity index (χ0n) is 16.8. The zero-order valence-corrected chi connectivity index (χ0v) is 17.7. The van der Waals surface area contributed by atoms with Gasteiger partial charge in [0.05, 0.1) is 25.9 Å². The number of aromatic hydroxyl groups is 1. The average molecular weight is 404 g/mol. The zero-order chi connectivity index (χ0) is 20.1. The molecule has 0 aromatic heterocycles. The van der Waals surface area contributed by atoms with Crippen LogP contribution in [-0.4, -0.2) is 37.6 Å². The molecule has 0 atom stereocenters. The van der Waals surface area contributed by atoms with E-state index in [1.807, 2.05) is 27.7 Å². The average Bonchev–Trinajstić information content (AvgIpc) is 2.61. The molecule has 0 fully saturated rings. The molecule has 8 heteroatoms. The van der Waals surface area contributed by atoms with Crippen molar-refractivity contribution in [1.82, 2.24) is 0 Å². The molecule has 7 nitrogen and oxygen atoms in total. The van der Waals surface area contributed by atoms with E-state index in [0.717, 1.165) is 25.7 Å². The third-order valence-corrected chi connectivity index (χ3v) is 4.89. The molecular formula is C19H33O7P. The summed E-state index contributed by atoms with van der Waals surface area (Å²) < 4.78 is 39.8. The second-order valence-electron chi connectivity index (χ2n) is 6.30. The van der Waals surface area contributed by atoms with Gasteiger partial charge in [0.15, 0.2) is 11.5 Å². The number of ether oxygens (including phenoxy) is 2. The highest BCUT2D eigenvalue weighted by atomic mass is 31.2. The summed E-state index contributed by atoms with van der Waals surface area (Å²) in [6.07, 6.45) is 3.36. The highest BCUT2D eigenvalue weighted by Gasteiger charge is 2.26. The first-order chi connectivity index (χ1) is 12.9. The predicted molar refractivity (Wildman–Crippen MR) is 105 cm³/mol. The van der Waals surface area contributed by atoms with E-state index in [1.54, 1.807) is 12.1 Å². The summed E-state index contributed by atoms with van der Waals surface area (Å²) in [6, 6.07) is 4.72. The van der Waals surface area contributed by atoms with Crippen LogP contribution in [0.2, 0.25) is 0 Å². The summed E-state index contributed by atoms with van der Waals surface area (Å²) >= 11 is 0. The van der Waals surface area contributed by atoms with Gasteiger partial charge in [0, 0.05) is 6.07 Å². The van der Waals surface area contributed by atoms with Crippen molar-refractivity contribution < 1.29 is 32.7 Å². The Morgan fingerprint density at radius 1 is 0.963 bits per heavy atom. The van der Waals surface area contributed by atoms with Crippen LogP contribution in [0.4, 0.5) is 0 Å². The van der Waals surface area contributed by atoms with Crippen LogP contribution in [0.1, 0.15) is 53.4 Å². The first-order valence-electron chi connectivity index (χ1n) is 9.56. The molecule has 1 aromatic rings. The van der Waals surface area contributed by atoms with Crippen LogP contribution in [0, 0.1) is 0 Å². The Bertz CT molecular complexity index is 563. The van der Waals surface area contributed by atoms with E-state index >= 15 is 0 Å². The number of rotatable bonds is 15. The normalized spacial score (nSPS) is 11.7. The number of hydrogen-bond donors (Lipinski definition) is 1. The van der Waals surface area contributed by atoms with Gasteiger partial charge in [-0.3, -0.25) is 13.6 Å². The number of hydrogen-bond acceptors (Lipinski definition) is 7. The van der Waals surface area contributed by atoms with Crippen LogP contribution in [0.25, 0.3) is 0 Å². The summed E-state index contributed by atoms with van der Waals surface area (Å²) in [7, 11) is -3.58. The molecule has 0 heterocycles. The van der Waals surface area contributed by atoms with Crippen molar-refractivity contribution >= 4 is 7.82 Å². The molecular weight excluding hydrogens is 371 g/mol. The Balaban J connectivity index is 2.51. The second-order valence-corrected chi connectivity index (χ2v) is 7.97. The van der Waals surface area contributed by atoms with Gasteiger partial charge in [-0.15, -0.1) is 0 Å². The lowest BCUT2D eigenvalue weighted by Crippen LogP contribution is -2.10. The molecule has 0 aliphatic rings. The molecule has 156 valence electrons. The third-order valence-electron chi connectivity index (χ3n) is 3.39. The number of benzene rings is 1. The number of phosphoric acid groups is 1. The van der Waals surface area contributed by atoms with Gasteiger partial charge in [-0.1, -0.05) is 26.7 Å². The van der Waals surface area contributed by atoms with Gasteiger partial charge in [0.25, 0.3) is 0 Å². The SMILES string of the molecule is CCCCOP(=O)(OCCCC)OCCOc1ccc(O)c(OC(C)C)c1. The fraction of sp³-hybridized carbons (Fsp3) is 0.684. The van der Waals surface area contributed by atoms with Gasteiger partial charge in [0.1, 0.15) is 12.4 Å². The molecule has 27 heavy (non-hydrogen) atoms. The first kappa shape index (κ1) is 23.8. The van der Waals surface area contributed by atoms with E-state index in [9.17, 15) is 9.67 Å². The summed E-state index contributed by atoms with van der Waals surface area (Å²) in [4.78, 5) is 0. The van der Waals surface area contributed by atoms with E-state index in [0.29, 0.717) is 24.7 Å². The lowest BCUT2D eigenvalue weighted by molar-refractivity contribution is 0.0979. The Morgan fingerprint density at radius 3 is 2.11 bits per heavy atom. The van der Waals surface area contributed by atoms with Crippen molar-refractivity contribution in [2.75, 3.05) is 26.4 Å². The van der Waals surface area contributed by atoms with Crippen molar-refractivity contribution in [3.05, 3.63) is 18.2 Å². The van der Waals surface area contributed by atoms with Crippen LogP contribution < -0.4 is 9.47 Å². The van der Waals surface area contributed by atoms with E-state index in [4.69, 9.17) is 23.0 Å². The number of unbranched alkanes of at least 4 members (excludes halogenated alkanes) is 2. The molecule has 0 aliphatic heterocycles. The molecule has 1 N–H and O–H groups in total. The van der Waals surface area contributed by atoms with E-state index in [-0.39, 0.29) is 25.1 Å². The lowest BCUT2D eigenvalue weighted by Gasteiger charge is -2.18. The Labute approximate surface area is 162 Å². The molecule has 0 saturated carbocycles. The molecule has 0 amide bonds. The van der Waals surface area contributed by atoms with Crippen molar-refractivity contribution in [3.63, 3.8) is 0 Å². The Morgan fingerprint density at radius 2 is 1.56 bits per heavy atom. The minimum atomic E-state index is -3.58. The van der Waals surface area contributed by atoms with Crippen LogP contribution in [-0.2, 0) is 18.1 Å². The summed E-state index contributed by atoms with van der Waals surface area (Å²) in [5.41, 5.74) is 0. The van der Waals surface area contributed by atoms with Gasteiger partial charge in [0.2, 0.25) is 0 Å². The molecule has 0 spiro atoms. The maximum Gasteiger partial charge on any atom is 0.474 e. The largest absolute Gasteiger partial charge is 0.504 e. The molecule has 1 aromatic carbocycles. The monoisotopic (exact) mass is 404 g/mol. The minimum Gasteiger partial charge on any atom is -0.504 e. The fourth-order valence-corrected chi connectivity index (χ4v) is 3.22. The number of phenols is 1. The van der Waals surface area contributed by atoms with E-state index in [2.05, 4.69) is 0 Å². The van der Waals surface area contributed by atoms with Gasteiger partial charge in [-0.05, 0) is 38.8 Å². The first-order valence-corrected chi connectivity index (χ1v) is 11.0. The van der Waals surface area contributed by atoms with E-state index in [1.165, 1.54) is 6.07 Å². The van der Waals surface area contributed by atoms with Gasteiger partial charge >= 0.3 is 7.82 Å². The Kier molecular flexibility index (Phi) is 11.4. The van der Waals surface area contributed by atoms with Crippen molar-refractivity contribution in [2.24, 2.45) is 0 Å². The lowest BCUT2D eigenvalue weighted by atomic mass is 10.3. The van der Waals surface area contributed by atoms with Gasteiger partial charge in [-0.25, -0.2) is 4.57 Å². The third kappa shape index (κ3) is 10.0. The maximum atomic E-state index is 12.6. The van der Waals surface area contributed by atoms with Crippen LogP contribution >= 0.6 is 7.82 Å². The highest BCUT2D eigenvalue weighted by Crippen LogP contribution is 2.49. The quantitative estimate of drug-likeness (QED) is 0.313. The number of phosphoric ester groups is 1. The van der Waals surface area contributed by atoms with Crippen LogP contribution in [0.5, 0.6) is 17.2 Å². The molecule has 0 radical (unpaired) electrons. The smallest absolute Gasteiger partial charge is 0.474 e. The van der Waals surface area contributed by atoms with Gasteiger partial charge < -0.3 is 14.6 Å². The summed E-state index contributed by atoms with van der Waals surface area (Å²) in [5.74, 6) is 0.908.